The summed E-state index contributed by atoms with van der Waals surface area (Å²) >= 11 is 0. The van der Waals surface area contributed by atoms with Crippen LogP contribution < -0.4 is 10.0 Å². The predicted molar refractivity (Wildman–Crippen MR) is 76.2 cm³/mol. The zero-order valence-corrected chi connectivity index (χ0v) is 12.7. The van der Waals surface area contributed by atoms with Crippen LogP contribution >= 0.6 is 0 Å². The SMILES string of the molecule is Cc1noc(C)c1S(=O)(=O)NCC(=O)Nc1cccc(F)c1. The summed E-state index contributed by atoms with van der Waals surface area (Å²) < 4.78 is 44.1. The van der Waals surface area contributed by atoms with Crippen LogP contribution in [0.4, 0.5) is 10.1 Å². The molecule has 0 aliphatic carbocycles. The fraction of sp³-hybridized carbons (Fsp3) is 0.231. The summed E-state index contributed by atoms with van der Waals surface area (Å²) in [7, 11) is -3.91. The molecular weight excluding hydrogens is 313 g/mol. The molecule has 0 radical (unpaired) electrons. The van der Waals surface area contributed by atoms with Gasteiger partial charge in [0.25, 0.3) is 0 Å². The minimum absolute atomic E-state index is 0.0916. The van der Waals surface area contributed by atoms with Gasteiger partial charge in [0.15, 0.2) is 5.76 Å². The lowest BCUT2D eigenvalue weighted by Crippen LogP contribution is -2.33. The van der Waals surface area contributed by atoms with Crippen LogP contribution in [-0.2, 0) is 14.8 Å². The smallest absolute Gasteiger partial charge is 0.246 e. The highest BCUT2D eigenvalue weighted by Crippen LogP contribution is 2.18. The standard InChI is InChI=1S/C13H14FN3O4S/c1-8-13(9(2)21-17-8)22(19,20)15-7-12(18)16-11-5-3-4-10(14)6-11/h3-6,15H,7H2,1-2H3,(H,16,18). The van der Waals surface area contributed by atoms with E-state index in [-0.39, 0.29) is 22.0 Å². The third-order valence-corrected chi connectivity index (χ3v) is 4.41. The summed E-state index contributed by atoms with van der Waals surface area (Å²) in [5.41, 5.74) is 0.442. The molecule has 1 heterocycles. The van der Waals surface area contributed by atoms with E-state index < -0.39 is 28.3 Å². The number of anilines is 1. The molecule has 9 heteroatoms. The Morgan fingerprint density at radius 3 is 2.68 bits per heavy atom. The molecule has 0 aliphatic rings. The summed E-state index contributed by atoms with van der Waals surface area (Å²) in [5.74, 6) is -0.995. The van der Waals surface area contributed by atoms with Crippen molar-refractivity contribution in [3.63, 3.8) is 0 Å². The lowest BCUT2D eigenvalue weighted by Gasteiger charge is -2.07. The molecule has 0 atom stereocenters. The number of amides is 1. The fourth-order valence-electron chi connectivity index (χ4n) is 1.86. The molecule has 1 aromatic heterocycles. The lowest BCUT2D eigenvalue weighted by molar-refractivity contribution is -0.115. The maximum absolute atomic E-state index is 13.0. The minimum Gasteiger partial charge on any atom is -0.360 e. The van der Waals surface area contributed by atoms with Gasteiger partial charge in [0.2, 0.25) is 15.9 Å². The third-order valence-electron chi connectivity index (χ3n) is 2.77. The number of aromatic nitrogens is 1. The molecule has 0 unspecified atom stereocenters. The number of hydrogen-bond acceptors (Lipinski definition) is 5. The number of carbonyl (C=O) groups excluding carboxylic acids is 1. The molecule has 22 heavy (non-hydrogen) atoms. The molecule has 7 nitrogen and oxygen atoms in total. The molecular formula is C13H14FN3O4S. The van der Waals surface area contributed by atoms with Crippen LogP contribution in [0.2, 0.25) is 0 Å². The molecule has 1 aromatic carbocycles. The summed E-state index contributed by atoms with van der Waals surface area (Å²) in [6.07, 6.45) is 0. The van der Waals surface area contributed by atoms with Crippen LogP contribution in [0.1, 0.15) is 11.5 Å². The number of sulfonamides is 1. The lowest BCUT2D eigenvalue weighted by atomic mass is 10.3. The van der Waals surface area contributed by atoms with E-state index in [9.17, 15) is 17.6 Å². The number of rotatable bonds is 5. The number of aryl methyl sites for hydroxylation is 2. The molecule has 118 valence electrons. The van der Waals surface area contributed by atoms with Gasteiger partial charge in [-0.1, -0.05) is 11.2 Å². The van der Waals surface area contributed by atoms with Crippen LogP contribution in [0, 0.1) is 19.7 Å². The highest BCUT2D eigenvalue weighted by Gasteiger charge is 2.24. The number of nitrogens with one attached hydrogen (secondary N) is 2. The van der Waals surface area contributed by atoms with Crippen LogP contribution in [-0.4, -0.2) is 26.0 Å². The first-order valence-corrected chi connectivity index (χ1v) is 7.76. The Balaban J connectivity index is 2.02. The van der Waals surface area contributed by atoms with Gasteiger partial charge in [0, 0.05) is 5.69 Å². The second kappa shape index (κ2) is 6.24. The van der Waals surface area contributed by atoms with Crippen molar-refractivity contribution in [2.45, 2.75) is 18.7 Å². The number of hydrogen-bond donors (Lipinski definition) is 2. The number of nitrogens with zero attached hydrogens (tertiary/aromatic N) is 1. The van der Waals surface area contributed by atoms with Crippen molar-refractivity contribution in [1.29, 1.82) is 0 Å². The summed E-state index contributed by atoms with van der Waals surface area (Å²) in [6.45, 7) is 2.45. The third kappa shape index (κ3) is 3.68. The molecule has 0 bridgehead atoms. The first-order valence-electron chi connectivity index (χ1n) is 6.27. The Hall–Kier alpha value is -2.26. The first-order chi connectivity index (χ1) is 10.3. The molecule has 1 amide bonds. The van der Waals surface area contributed by atoms with E-state index >= 15 is 0 Å². The summed E-state index contributed by atoms with van der Waals surface area (Å²) in [5, 5.41) is 5.94. The monoisotopic (exact) mass is 327 g/mol. The van der Waals surface area contributed by atoms with E-state index in [2.05, 4.69) is 15.2 Å². The van der Waals surface area contributed by atoms with Gasteiger partial charge in [-0.3, -0.25) is 4.79 Å². The molecule has 0 aliphatic heterocycles. The Kier molecular flexibility index (Phi) is 4.57. The average molecular weight is 327 g/mol. The molecule has 0 saturated carbocycles. The van der Waals surface area contributed by atoms with Gasteiger partial charge in [-0.15, -0.1) is 0 Å². The van der Waals surface area contributed by atoms with Gasteiger partial charge in [0.05, 0.1) is 6.54 Å². The van der Waals surface area contributed by atoms with Gasteiger partial charge in [0.1, 0.15) is 16.4 Å². The van der Waals surface area contributed by atoms with Gasteiger partial charge >= 0.3 is 0 Å². The Labute approximate surface area is 126 Å². The highest BCUT2D eigenvalue weighted by atomic mass is 32.2. The zero-order valence-electron chi connectivity index (χ0n) is 11.9. The van der Waals surface area contributed by atoms with Gasteiger partial charge in [-0.2, -0.15) is 0 Å². The van der Waals surface area contributed by atoms with E-state index in [0.29, 0.717) is 0 Å². The summed E-state index contributed by atoms with van der Waals surface area (Å²) in [4.78, 5) is 11.6. The van der Waals surface area contributed by atoms with Crippen LogP contribution in [0.15, 0.2) is 33.7 Å². The number of benzene rings is 1. The maximum Gasteiger partial charge on any atom is 0.246 e. The molecule has 2 rings (SSSR count). The highest BCUT2D eigenvalue weighted by molar-refractivity contribution is 7.89. The second-order valence-corrected chi connectivity index (χ2v) is 6.24. The molecule has 0 fully saturated rings. The van der Waals surface area contributed by atoms with E-state index in [1.807, 2.05) is 0 Å². The Bertz CT molecular complexity index is 782. The normalized spacial score (nSPS) is 11.4. The van der Waals surface area contributed by atoms with Crippen molar-refractivity contribution in [2.24, 2.45) is 0 Å². The minimum atomic E-state index is -3.91. The summed E-state index contributed by atoms with van der Waals surface area (Å²) in [6, 6.07) is 5.28. The zero-order chi connectivity index (χ0) is 16.3. The predicted octanol–water partition coefficient (Wildman–Crippen LogP) is 1.35. The Morgan fingerprint density at radius 2 is 2.09 bits per heavy atom. The van der Waals surface area contributed by atoms with Crippen LogP contribution in [0.5, 0.6) is 0 Å². The molecule has 0 spiro atoms. The van der Waals surface area contributed by atoms with Crippen molar-refractivity contribution in [1.82, 2.24) is 9.88 Å². The van der Waals surface area contributed by atoms with Crippen molar-refractivity contribution < 1.29 is 22.1 Å². The number of carbonyl (C=O) groups is 1. The van der Waals surface area contributed by atoms with Crippen LogP contribution in [0.25, 0.3) is 0 Å². The van der Waals surface area contributed by atoms with Gasteiger partial charge < -0.3 is 9.84 Å². The van der Waals surface area contributed by atoms with Gasteiger partial charge in [-0.05, 0) is 32.0 Å². The van der Waals surface area contributed by atoms with Crippen molar-refractivity contribution in [3.05, 3.63) is 41.5 Å². The van der Waals surface area contributed by atoms with Crippen LogP contribution in [0.3, 0.4) is 0 Å². The molecule has 2 N–H and O–H groups in total. The van der Waals surface area contributed by atoms with E-state index in [1.165, 1.54) is 32.0 Å². The quantitative estimate of drug-likeness (QED) is 0.863. The van der Waals surface area contributed by atoms with Crippen molar-refractivity contribution >= 4 is 21.6 Å². The topological polar surface area (TPSA) is 101 Å². The van der Waals surface area contributed by atoms with Crippen molar-refractivity contribution in [3.8, 4) is 0 Å². The largest absolute Gasteiger partial charge is 0.360 e. The second-order valence-electron chi connectivity index (χ2n) is 4.54. The van der Waals surface area contributed by atoms with Gasteiger partial charge in [-0.25, -0.2) is 17.5 Å². The van der Waals surface area contributed by atoms with E-state index in [4.69, 9.17) is 4.52 Å². The maximum atomic E-state index is 13.0. The first kappa shape index (κ1) is 16.1. The Morgan fingerprint density at radius 1 is 1.36 bits per heavy atom. The van der Waals surface area contributed by atoms with E-state index in [1.54, 1.807) is 0 Å². The average Bonchev–Trinajstić information content (AvgIpc) is 2.77. The number of halogens is 1. The molecule has 2 aromatic rings. The van der Waals surface area contributed by atoms with E-state index in [0.717, 1.165) is 6.07 Å². The van der Waals surface area contributed by atoms with Crippen molar-refractivity contribution in [2.75, 3.05) is 11.9 Å². The fourth-order valence-corrected chi connectivity index (χ4v) is 3.17. The molecule has 0 saturated heterocycles.